The fourth-order valence-corrected chi connectivity index (χ4v) is 1.20. The third-order valence-electron chi connectivity index (χ3n) is 2.11. The smallest absolute Gasteiger partial charge is 0.124 e. The summed E-state index contributed by atoms with van der Waals surface area (Å²) in [5.41, 5.74) is 9.05. The van der Waals surface area contributed by atoms with Crippen molar-refractivity contribution < 1.29 is 0 Å². The molecule has 0 spiro atoms. The van der Waals surface area contributed by atoms with Crippen LogP contribution in [-0.2, 0) is 0 Å². The molecule has 84 valence electrons. The number of nitrogen functional groups attached to an aromatic ring is 1. The van der Waals surface area contributed by atoms with Gasteiger partial charge in [0.1, 0.15) is 5.82 Å². The molecule has 0 bridgehead atoms. The lowest BCUT2D eigenvalue weighted by Crippen LogP contribution is -1.96. The molecule has 1 aromatic heterocycles. The van der Waals surface area contributed by atoms with E-state index in [2.05, 4.69) is 31.0 Å². The molecule has 0 radical (unpaired) electrons. The first kappa shape index (κ1) is 13.7. The molecule has 0 unspecified atom stereocenters. The normalized spacial score (nSPS) is 9.93. The molecule has 2 heteroatoms. The first-order chi connectivity index (χ1) is 7.15. The number of hydrogen-bond donors (Lipinski definition) is 1. The Morgan fingerprint density at radius 2 is 1.93 bits per heavy atom. The fourth-order valence-electron chi connectivity index (χ4n) is 1.20. The number of nitrogens with zero attached hydrogens (tertiary/aromatic N) is 1. The summed E-state index contributed by atoms with van der Waals surface area (Å²) in [7, 11) is 0. The van der Waals surface area contributed by atoms with Crippen LogP contribution < -0.4 is 5.73 Å². The lowest BCUT2D eigenvalue weighted by atomic mass is 10.1. The number of aryl methyl sites for hydroxylation is 1. The van der Waals surface area contributed by atoms with Crippen molar-refractivity contribution in [2.75, 3.05) is 5.73 Å². The number of aromatic nitrogens is 1. The summed E-state index contributed by atoms with van der Waals surface area (Å²) < 4.78 is 0. The summed E-state index contributed by atoms with van der Waals surface area (Å²) >= 11 is 0. The quantitative estimate of drug-likeness (QED) is 0.800. The van der Waals surface area contributed by atoms with Crippen LogP contribution in [0.1, 0.15) is 44.0 Å². The van der Waals surface area contributed by atoms with Crippen molar-refractivity contribution in [1.29, 1.82) is 0 Å². The highest BCUT2D eigenvalue weighted by Gasteiger charge is 2.00. The molecular formula is C13H22N2. The number of rotatable bonds is 2. The molecule has 0 amide bonds. The van der Waals surface area contributed by atoms with E-state index in [0.717, 1.165) is 12.1 Å². The van der Waals surface area contributed by atoms with Crippen LogP contribution in [0.5, 0.6) is 0 Å². The lowest BCUT2D eigenvalue weighted by Gasteiger charge is -2.05. The van der Waals surface area contributed by atoms with Crippen LogP contribution in [0.15, 0.2) is 12.1 Å². The predicted octanol–water partition coefficient (Wildman–Crippen LogP) is 3.73. The molecule has 15 heavy (non-hydrogen) atoms. The van der Waals surface area contributed by atoms with Gasteiger partial charge in [0.15, 0.2) is 0 Å². The molecule has 0 aliphatic heterocycles. The zero-order valence-corrected chi connectivity index (χ0v) is 10.5. The van der Waals surface area contributed by atoms with Gasteiger partial charge in [-0.1, -0.05) is 32.9 Å². The van der Waals surface area contributed by atoms with Crippen LogP contribution in [0.2, 0.25) is 0 Å². The van der Waals surface area contributed by atoms with Crippen molar-refractivity contribution in [3.05, 3.63) is 29.0 Å². The molecule has 1 aromatic rings. The van der Waals surface area contributed by atoms with Gasteiger partial charge in [0, 0.05) is 5.69 Å². The largest absolute Gasteiger partial charge is 0.384 e. The van der Waals surface area contributed by atoms with Gasteiger partial charge in [-0.05, 0) is 37.5 Å². The van der Waals surface area contributed by atoms with Gasteiger partial charge in [0.2, 0.25) is 0 Å². The highest BCUT2D eigenvalue weighted by molar-refractivity contribution is 5.58. The van der Waals surface area contributed by atoms with Gasteiger partial charge in [-0.3, -0.25) is 0 Å². The summed E-state index contributed by atoms with van der Waals surface area (Å²) in [6, 6.07) is 1.91. The number of anilines is 1. The minimum Gasteiger partial charge on any atom is -0.384 e. The van der Waals surface area contributed by atoms with Crippen molar-refractivity contribution in [2.24, 2.45) is 0 Å². The molecule has 2 N–H and O–H groups in total. The maximum atomic E-state index is 5.66. The third kappa shape index (κ3) is 4.15. The minimum atomic E-state index is 0.596. The van der Waals surface area contributed by atoms with E-state index >= 15 is 0 Å². The molecule has 0 aliphatic rings. The van der Waals surface area contributed by atoms with E-state index in [1.165, 1.54) is 11.1 Å². The van der Waals surface area contributed by atoms with E-state index in [0.29, 0.717) is 5.82 Å². The molecule has 1 heterocycles. The standard InChI is InChI=1S/C11H16N2.C2H6/c1-4-5-6-10-7-11(12)13-9(3)8(10)2;1-2/h5-7H,4H2,1-3H3,(H2,12,13);1-2H3/b6-5-;. The van der Waals surface area contributed by atoms with E-state index in [4.69, 9.17) is 5.73 Å². The van der Waals surface area contributed by atoms with Crippen LogP contribution in [0.4, 0.5) is 5.82 Å². The molecule has 0 fully saturated rings. The summed E-state index contributed by atoms with van der Waals surface area (Å²) in [6.45, 7) is 10.2. The van der Waals surface area contributed by atoms with Gasteiger partial charge in [-0.25, -0.2) is 4.98 Å². The molecule has 2 nitrogen and oxygen atoms in total. The fraction of sp³-hybridized carbons (Fsp3) is 0.462. The number of nitrogens with two attached hydrogens (primary N) is 1. The summed E-state index contributed by atoms with van der Waals surface area (Å²) in [4.78, 5) is 4.19. The van der Waals surface area contributed by atoms with Gasteiger partial charge in [-0.2, -0.15) is 0 Å². The minimum absolute atomic E-state index is 0.596. The van der Waals surface area contributed by atoms with Crippen molar-refractivity contribution in [1.82, 2.24) is 4.98 Å². The predicted molar refractivity (Wildman–Crippen MR) is 68.8 cm³/mol. The highest BCUT2D eigenvalue weighted by Crippen LogP contribution is 2.15. The first-order valence-electron chi connectivity index (χ1n) is 5.55. The summed E-state index contributed by atoms with van der Waals surface area (Å²) in [5.74, 6) is 0.596. The Labute approximate surface area is 93.2 Å². The van der Waals surface area contributed by atoms with Crippen molar-refractivity contribution >= 4 is 11.9 Å². The van der Waals surface area contributed by atoms with E-state index in [-0.39, 0.29) is 0 Å². The Morgan fingerprint density at radius 1 is 1.33 bits per heavy atom. The van der Waals surface area contributed by atoms with Gasteiger partial charge in [0.25, 0.3) is 0 Å². The SMILES string of the molecule is CC.CC/C=C\c1cc(N)nc(C)c1C. The number of pyridine rings is 1. The summed E-state index contributed by atoms with van der Waals surface area (Å²) in [6.07, 6.45) is 5.27. The zero-order valence-electron chi connectivity index (χ0n) is 10.5. The topological polar surface area (TPSA) is 38.9 Å². The summed E-state index contributed by atoms with van der Waals surface area (Å²) in [5, 5.41) is 0. The van der Waals surface area contributed by atoms with Crippen LogP contribution in [0, 0.1) is 13.8 Å². The van der Waals surface area contributed by atoms with Crippen LogP contribution >= 0.6 is 0 Å². The monoisotopic (exact) mass is 206 g/mol. The molecule has 0 saturated heterocycles. The zero-order chi connectivity index (χ0) is 11.8. The van der Waals surface area contributed by atoms with Gasteiger partial charge < -0.3 is 5.73 Å². The Morgan fingerprint density at radius 3 is 2.47 bits per heavy atom. The average Bonchev–Trinajstić information content (AvgIpc) is 2.24. The van der Waals surface area contributed by atoms with Gasteiger partial charge in [-0.15, -0.1) is 0 Å². The number of allylic oxidation sites excluding steroid dienone is 1. The molecule has 0 aliphatic carbocycles. The van der Waals surface area contributed by atoms with E-state index in [1.54, 1.807) is 0 Å². The van der Waals surface area contributed by atoms with E-state index in [1.807, 2.05) is 26.8 Å². The van der Waals surface area contributed by atoms with E-state index < -0.39 is 0 Å². The molecule has 0 atom stereocenters. The Hall–Kier alpha value is -1.31. The Kier molecular flexibility index (Phi) is 6.43. The van der Waals surface area contributed by atoms with Crippen LogP contribution in [0.3, 0.4) is 0 Å². The molecular weight excluding hydrogens is 184 g/mol. The molecule has 1 rings (SSSR count). The van der Waals surface area contributed by atoms with E-state index in [9.17, 15) is 0 Å². The Balaban J connectivity index is 0.000000921. The van der Waals surface area contributed by atoms with Crippen molar-refractivity contribution in [2.45, 2.75) is 41.0 Å². The Bertz CT molecular complexity index is 328. The first-order valence-corrected chi connectivity index (χ1v) is 5.55. The molecule has 0 aromatic carbocycles. The van der Waals surface area contributed by atoms with Gasteiger partial charge in [0.05, 0.1) is 0 Å². The number of hydrogen-bond acceptors (Lipinski definition) is 2. The molecule has 0 saturated carbocycles. The second kappa shape index (κ2) is 7.04. The second-order valence-electron chi connectivity index (χ2n) is 3.16. The highest BCUT2D eigenvalue weighted by atomic mass is 14.8. The lowest BCUT2D eigenvalue weighted by molar-refractivity contribution is 1.15. The van der Waals surface area contributed by atoms with Gasteiger partial charge >= 0.3 is 0 Å². The van der Waals surface area contributed by atoms with Crippen molar-refractivity contribution in [3.63, 3.8) is 0 Å². The maximum Gasteiger partial charge on any atom is 0.124 e. The third-order valence-corrected chi connectivity index (χ3v) is 2.11. The average molecular weight is 206 g/mol. The second-order valence-corrected chi connectivity index (χ2v) is 3.16. The van der Waals surface area contributed by atoms with Crippen LogP contribution in [-0.4, -0.2) is 4.98 Å². The van der Waals surface area contributed by atoms with Crippen LogP contribution in [0.25, 0.3) is 6.08 Å². The maximum absolute atomic E-state index is 5.66. The van der Waals surface area contributed by atoms with Crippen molar-refractivity contribution in [3.8, 4) is 0 Å².